The van der Waals surface area contributed by atoms with Crippen molar-refractivity contribution < 1.29 is 19.1 Å². The van der Waals surface area contributed by atoms with Gasteiger partial charge in [-0.3, -0.25) is 9.59 Å². The summed E-state index contributed by atoms with van der Waals surface area (Å²) < 4.78 is 14.0. The van der Waals surface area contributed by atoms with Gasteiger partial charge in [-0.25, -0.2) is 13.9 Å². The molecule has 1 aromatic heterocycles. The van der Waals surface area contributed by atoms with E-state index in [1.165, 1.54) is 36.4 Å². The summed E-state index contributed by atoms with van der Waals surface area (Å²) in [5.74, 6) is -2.23. The summed E-state index contributed by atoms with van der Waals surface area (Å²) in [5, 5.41) is 15.9. The Morgan fingerprint density at radius 1 is 1.03 bits per heavy atom. The molecule has 0 fully saturated rings. The fourth-order valence-corrected chi connectivity index (χ4v) is 2.76. The summed E-state index contributed by atoms with van der Waals surface area (Å²) in [6.45, 7) is -0.438. The molecule has 1 heterocycles. The summed E-state index contributed by atoms with van der Waals surface area (Å²) in [6, 6.07) is 16.0. The van der Waals surface area contributed by atoms with Crippen LogP contribution in [0.2, 0.25) is 0 Å². The third-order valence-corrected chi connectivity index (χ3v) is 4.22. The lowest BCUT2D eigenvalue weighted by Crippen LogP contribution is -2.44. The van der Waals surface area contributed by atoms with E-state index in [9.17, 15) is 23.9 Å². The minimum absolute atomic E-state index is 0.111. The van der Waals surface area contributed by atoms with Crippen molar-refractivity contribution in [3.05, 3.63) is 88.5 Å². The third-order valence-electron chi connectivity index (χ3n) is 4.22. The van der Waals surface area contributed by atoms with Crippen LogP contribution >= 0.6 is 0 Å². The number of aromatic nitrogens is 2. The largest absolute Gasteiger partial charge is 0.480 e. The van der Waals surface area contributed by atoms with E-state index >= 15 is 0 Å². The normalized spacial score (nSPS) is 11.6. The second-order valence-electron chi connectivity index (χ2n) is 6.37. The molecule has 0 saturated carbocycles. The summed E-state index contributed by atoms with van der Waals surface area (Å²) in [4.78, 5) is 35.9. The predicted octanol–water partition coefficient (Wildman–Crippen LogP) is 1.86. The fourth-order valence-electron chi connectivity index (χ4n) is 2.76. The first kappa shape index (κ1) is 19.9. The summed E-state index contributed by atoms with van der Waals surface area (Å²) in [6.07, 6.45) is 0.111. The fraction of sp³-hybridized carbons (Fsp3) is 0.143. The van der Waals surface area contributed by atoms with Crippen molar-refractivity contribution in [2.75, 3.05) is 0 Å². The van der Waals surface area contributed by atoms with Crippen LogP contribution in [0, 0.1) is 5.82 Å². The van der Waals surface area contributed by atoms with Gasteiger partial charge >= 0.3 is 5.97 Å². The number of amides is 1. The monoisotopic (exact) mass is 395 g/mol. The zero-order chi connectivity index (χ0) is 20.8. The minimum Gasteiger partial charge on any atom is -0.480 e. The molecular weight excluding hydrogens is 377 g/mol. The van der Waals surface area contributed by atoms with Gasteiger partial charge in [0.05, 0.1) is 5.69 Å². The van der Waals surface area contributed by atoms with E-state index in [1.54, 1.807) is 24.3 Å². The molecule has 3 aromatic rings. The van der Waals surface area contributed by atoms with E-state index in [-0.39, 0.29) is 6.42 Å². The van der Waals surface area contributed by atoms with Crippen molar-refractivity contribution in [1.82, 2.24) is 15.1 Å². The van der Waals surface area contributed by atoms with Crippen molar-refractivity contribution in [2.24, 2.45) is 0 Å². The minimum atomic E-state index is -1.18. The molecule has 2 aromatic carbocycles. The molecule has 0 radical (unpaired) electrons. The van der Waals surface area contributed by atoms with E-state index in [0.717, 1.165) is 10.2 Å². The summed E-state index contributed by atoms with van der Waals surface area (Å²) >= 11 is 0. The molecule has 0 aliphatic heterocycles. The van der Waals surface area contributed by atoms with Crippen LogP contribution in [0.4, 0.5) is 4.39 Å². The van der Waals surface area contributed by atoms with Gasteiger partial charge in [0.15, 0.2) is 0 Å². The number of rotatable bonds is 7. The van der Waals surface area contributed by atoms with Crippen LogP contribution in [0.25, 0.3) is 11.3 Å². The van der Waals surface area contributed by atoms with Gasteiger partial charge in [-0.15, -0.1) is 0 Å². The van der Waals surface area contributed by atoms with Gasteiger partial charge in [-0.1, -0.05) is 30.3 Å². The molecule has 7 nitrogen and oxygen atoms in total. The number of carbonyl (C=O) groups is 2. The Hall–Kier alpha value is -3.81. The molecule has 3 rings (SSSR count). The number of nitrogens with zero attached hydrogens (tertiary/aromatic N) is 2. The smallest absolute Gasteiger partial charge is 0.326 e. The van der Waals surface area contributed by atoms with Crippen molar-refractivity contribution in [3.63, 3.8) is 0 Å². The van der Waals surface area contributed by atoms with Crippen molar-refractivity contribution in [3.8, 4) is 11.3 Å². The average Bonchev–Trinajstić information content (AvgIpc) is 2.70. The van der Waals surface area contributed by atoms with E-state index in [4.69, 9.17) is 0 Å². The van der Waals surface area contributed by atoms with Gasteiger partial charge in [0.1, 0.15) is 18.4 Å². The molecule has 0 unspecified atom stereocenters. The molecule has 0 aliphatic carbocycles. The maximum atomic E-state index is 13.1. The molecule has 1 atom stereocenters. The van der Waals surface area contributed by atoms with Gasteiger partial charge in [0.25, 0.3) is 5.56 Å². The van der Waals surface area contributed by atoms with Gasteiger partial charge in [-0.2, -0.15) is 5.10 Å². The van der Waals surface area contributed by atoms with Gasteiger partial charge < -0.3 is 10.4 Å². The molecule has 0 spiro atoms. The molecule has 148 valence electrons. The second-order valence-corrected chi connectivity index (χ2v) is 6.37. The number of hydrogen-bond acceptors (Lipinski definition) is 4. The third kappa shape index (κ3) is 5.35. The van der Waals surface area contributed by atoms with Gasteiger partial charge in [0, 0.05) is 18.1 Å². The number of halogens is 1. The number of nitrogens with one attached hydrogen (secondary N) is 1. The maximum absolute atomic E-state index is 13.1. The SMILES string of the molecule is O=C(Cn1nc(-c2ccc(F)cc2)ccc1=O)N[C@@H](Cc1ccccc1)C(=O)O. The Labute approximate surface area is 165 Å². The van der Waals surface area contributed by atoms with Crippen molar-refractivity contribution >= 4 is 11.9 Å². The first-order valence-corrected chi connectivity index (χ1v) is 8.82. The number of benzene rings is 2. The van der Waals surface area contributed by atoms with E-state index in [1.807, 2.05) is 6.07 Å². The molecule has 8 heteroatoms. The Balaban J connectivity index is 1.73. The van der Waals surface area contributed by atoms with Gasteiger partial charge in [-0.05, 0) is 35.9 Å². The van der Waals surface area contributed by atoms with E-state index < -0.39 is 35.8 Å². The van der Waals surface area contributed by atoms with Crippen LogP contribution in [-0.4, -0.2) is 32.8 Å². The van der Waals surface area contributed by atoms with Crippen molar-refractivity contribution in [1.29, 1.82) is 0 Å². The molecule has 0 bridgehead atoms. The van der Waals surface area contributed by atoms with Gasteiger partial charge in [0.2, 0.25) is 5.91 Å². The van der Waals surface area contributed by atoms with Crippen molar-refractivity contribution in [2.45, 2.75) is 19.0 Å². The highest BCUT2D eigenvalue weighted by Crippen LogP contribution is 2.15. The lowest BCUT2D eigenvalue weighted by Gasteiger charge is -2.15. The topological polar surface area (TPSA) is 101 Å². The molecule has 2 N–H and O–H groups in total. The highest BCUT2D eigenvalue weighted by molar-refractivity contribution is 5.83. The summed E-state index contributed by atoms with van der Waals surface area (Å²) in [7, 11) is 0. The molecule has 29 heavy (non-hydrogen) atoms. The number of carboxylic acid groups (broad SMARTS) is 1. The Morgan fingerprint density at radius 2 is 1.72 bits per heavy atom. The number of aliphatic carboxylic acids is 1. The Morgan fingerprint density at radius 3 is 2.38 bits per heavy atom. The van der Waals surface area contributed by atoms with Crippen LogP contribution in [0.1, 0.15) is 5.56 Å². The summed E-state index contributed by atoms with van der Waals surface area (Å²) in [5.41, 5.74) is 1.21. The number of carbonyl (C=O) groups excluding carboxylic acids is 1. The molecule has 0 saturated heterocycles. The van der Waals surface area contributed by atoms with E-state index in [0.29, 0.717) is 11.3 Å². The molecular formula is C21H18FN3O4. The highest BCUT2D eigenvalue weighted by Gasteiger charge is 2.21. The quantitative estimate of drug-likeness (QED) is 0.636. The average molecular weight is 395 g/mol. The molecule has 0 aliphatic rings. The van der Waals surface area contributed by atoms with Crippen LogP contribution in [-0.2, 0) is 22.6 Å². The first-order chi connectivity index (χ1) is 13.9. The first-order valence-electron chi connectivity index (χ1n) is 8.82. The number of hydrogen-bond donors (Lipinski definition) is 2. The zero-order valence-corrected chi connectivity index (χ0v) is 15.3. The lowest BCUT2D eigenvalue weighted by molar-refractivity contribution is -0.141. The standard InChI is InChI=1S/C21H18FN3O4/c22-16-8-6-15(7-9-16)17-10-11-20(27)25(24-17)13-19(26)23-18(21(28)29)12-14-4-2-1-3-5-14/h1-11,18H,12-13H2,(H,23,26)(H,28,29)/t18-/m0/s1. The maximum Gasteiger partial charge on any atom is 0.326 e. The number of carboxylic acids is 1. The zero-order valence-electron chi connectivity index (χ0n) is 15.3. The van der Waals surface area contributed by atoms with Crippen LogP contribution in [0.3, 0.4) is 0 Å². The van der Waals surface area contributed by atoms with E-state index in [2.05, 4.69) is 10.4 Å². The van der Waals surface area contributed by atoms with Crippen LogP contribution < -0.4 is 10.9 Å². The second kappa shape index (κ2) is 8.92. The Bertz CT molecular complexity index is 1070. The highest BCUT2D eigenvalue weighted by atomic mass is 19.1. The Kier molecular flexibility index (Phi) is 6.13. The molecule has 1 amide bonds. The van der Waals surface area contributed by atoms with Crippen LogP contribution in [0.15, 0.2) is 71.5 Å². The lowest BCUT2D eigenvalue weighted by atomic mass is 10.1. The predicted molar refractivity (Wildman–Crippen MR) is 104 cm³/mol. The van der Waals surface area contributed by atoms with Crippen LogP contribution in [0.5, 0.6) is 0 Å².